The first-order valence-corrected chi connectivity index (χ1v) is 8.00. The highest BCUT2D eigenvalue weighted by atomic mass is 16.2. The Morgan fingerprint density at radius 2 is 1.83 bits per heavy atom. The summed E-state index contributed by atoms with van der Waals surface area (Å²) < 4.78 is 0. The molecule has 5 nitrogen and oxygen atoms in total. The minimum absolute atomic E-state index is 0.00471. The number of benzene rings is 2. The van der Waals surface area contributed by atoms with Crippen LogP contribution in [-0.2, 0) is 9.59 Å². The van der Waals surface area contributed by atoms with Crippen molar-refractivity contribution in [2.24, 2.45) is 0 Å². The first-order valence-electron chi connectivity index (χ1n) is 8.00. The van der Waals surface area contributed by atoms with Crippen molar-refractivity contribution in [2.75, 3.05) is 22.1 Å². The molecule has 2 aromatic carbocycles. The molecule has 2 N–H and O–H groups in total. The lowest BCUT2D eigenvalue weighted by Gasteiger charge is -2.34. The van der Waals surface area contributed by atoms with E-state index in [0.29, 0.717) is 0 Å². The predicted molar refractivity (Wildman–Crippen MR) is 96.4 cm³/mol. The molecule has 0 aliphatic carbocycles. The molecule has 0 saturated carbocycles. The average Bonchev–Trinajstić information content (AvgIpc) is 2.55. The fourth-order valence-electron chi connectivity index (χ4n) is 2.82. The van der Waals surface area contributed by atoms with E-state index < -0.39 is 0 Å². The molecule has 2 amide bonds. The Morgan fingerprint density at radius 1 is 1.17 bits per heavy atom. The topological polar surface area (TPSA) is 61.4 Å². The van der Waals surface area contributed by atoms with E-state index in [4.69, 9.17) is 0 Å². The number of anilines is 3. The van der Waals surface area contributed by atoms with Crippen LogP contribution in [0.4, 0.5) is 17.1 Å². The van der Waals surface area contributed by atoms with Crippen molar-refractivity contribution in [1.29, 1.82) is 0 Å². The Balaban J connectivity index is 1.85. The van der Waals surface area contributed by atoms with Crippen molar-refractivity contribution >= 4 is 28.9 Å². The van der Waals surface area contributed by atoms with Gasteiger partial charge in [0.15, 0.2) is 0 Å². The Bertz CT molecular complexity index is 787. The summed E-state index contributed by atoms with van der Waals surface area (Å²) in [4.78, 5) is 26.5. The van der Waals surface area contributed by atoms with Crippen LogP contribution in [0.1, 0.15) is 18.1 Å². The Kier molecular flexibility index (Phi) is 4.25. The first-order chi connectivity index (χ1) is 11.5. The van der Waals surface area contributed by atoms with Gasteiger partial charge in [0, 0.05) is 5.69 Å². The van der Waals surface area contributed by atoms with Crippen LogP contribution in [0.5, 0.6) is 0 Å². The second-order valence-corrected chi connectivity index (χ2v) is 6.16. The molecule has 1 aliphatic heterocycles. The van der Waals surface area contributed by atoms with E-state index in [1.165, 1.54) is 0 Å². The zero-order valence-corrected chi connectivity index (χ0v) is 14.1. The van der Waals surface area contributed by atoms with E-state index in [1.54, 1.807) is 4.90 Å². The predicted octanol–water partition coefficient (Wildman–Crippen LogP) is 3.09. The van der Waals surface area contributed by atoms with E-state index in [2.05, 4.69) is 10.6 Å². The highest BCUT2D eigenvalue weighted by Gasteiger charge is 2.31. The lowest BCUT2D eigenvalue weighted by molar-refractivity contribution is -0.122. The summed E-state index contributed by atoms with van der Waals surface area (Å²) in [7, 11) is 0. The van der Waals surface area contributed by atoms with Gasteiger partial charge in [0.2, 0.25) is 11.8 Å². The van der Waals surface area contributed by atoms with E-state index in [0.717, 1.165) is 28.2 Å². The lowest BCUT2D eigenvalue weighted by Crippen LogP contribution is -2.48. The van der Waals surface area contributed by atoms with Gasteiger partial charge in [0.1, 0.15) is 12.6 Å². The fraction of sp³-hybridized carbons (Fsp3) is 0.263. The fourth-order valence-corrected chi connectivity index (χ4v) is 2.82. The monoisotopic (exact) mass is 323 g/mol. The molecule has 2 aromatic rings. The molecule has 3 rings (SSSR count). The van der Waals surface area contributed by atoms with Crippen LogP contribution in [0.15, 0.2) is 42.5 Å². The normalized spacial score (nSPS) is 16.4. The van der Waals surface area contributed by atoms with Gasteiger partial charge in [-0.2, -0.15) is 0 Å². The van der Waals surface area contributed by atoms with Gasteiger partial charge >= 0.3 is 0 Å². The number of para-hydroxylation sites is 1. The second-order valence-electron chi connectivity index (χ2n) is 6.16. The Morgan fingerprint density at radius 3 is 2.54 bits per heavy atom. The number of nitrogens with zero attached hydrogens (tertiary/aromatic N) is 1. The minimum Gasteiger partial charge on any atom is -0.372 e. The van der Waals surface area contributed by atoms with Crippen molar-refractivity contribution in [3.05, 3.63) is 53.6 Å². The number of carbonyl (C=O) groups excluding carboxylic acids is 2. The molecule has 0 aromatic heterocycles. The van der Waals surface area contributed by atoms with E-state index in [-0.39, 0.29) is 24.4 Å². The Labute approximate surface area is 141 Å². The maximum atomic E-state index is 12.6. The van der Waals surface area contributed by atoms with Crippen LogP contribution >= 0.6 is 0 Å². The molecule has 0 bridgehead atoms. The number of hydrogen-bond donors (Lipinski definition) is 2. The van der Waals surface area contributed by atoms with Crippen LogP contribution in [0.3, 0.4) is 0 Å². The summed E-state index contributed by atoms with van der Waals surface area (Å²) in [6.07, 6.45) is 0. The summed E-state index contributed by atoms with van der Waals surface area (Å²) in [5.41, 5.74) is 4.60. The molecular formula is C19H21N3O2. The molecule has 1 heterocycles. The third-order valence-corrected chi connectivity index (χ3v) is 4.27. The first kappa shape index (κ1) is 16.1. The number of nitrogens with one attached hydrogen (secondary N) is 2. The van der Waals surface area contributed by atoms with Crippen LogP contribution in [0.25, 0.3) is 0 Å². The molecule has 1 unspecified atom stereocenters. The third kappa shape index (κ3) is 3.11. The maximum absolute atomic E-state index is 12.6. The van der Waals surface area contributed by atoms with Crippen LogP contribution in [-0.4, -0.2) is 24.4 Å². The lowest BCUT2D eigenvalue weighted by atomic mass is 10.0. The summed E-state index contributed by atoms with van der Waals surface area (Å²) >= 11 is 0. The maximum Gasteiger partial charge on any atom is 0.249 e. The molecule has 1 atom stereocenters. The Hall–Kier alpha value is -2.82. The molecule has 0 spiro atoms. The molecular weight excluding hydrogens is 302 g/mol. The van der Waals surface area contributed by atoms with Gasteiger partial charge in [-0.1, -0.05) is 18.2 Å². The molecule has 1 aliphatic rings. The molecule has 24 heavy (non-hydrogen) atoms. The van der Waals surface area contributed by atoms with Crippen molar-refractivity contribution in [2.45, 2.75) is 26.8 Å². The summed E-state index contributed by atoms with van der Waals surface area (Å²) in [5.74, 6) is -0.318. The van der Waals surface area contributed by atoms with Gasteiger partial charge in [-0.25, -0.2) is 0 Å². The molecule has 5 heteroatoms. The van der Waals surface area contributed by atoms with E-state index in [1.807, 2.05) is 63.2 Å². The van der Waals surface area contributed by atoms with Gasteiger partial charge in [-0.05, 0) is 56.2 Å². The number of rotatable bonds is 3. The van der Waals surface area contributed by atoms with Gasteiger partial charge in [-0.15, -0.1) is 0 Å². The van der Waals surface area contributed by atoms with Crippen LogP contribution < -0.4 is 15.5 Å². The molecule has 0 saturated heterocycles. The second kappa shape index (κ2) is 6.35. The van der Waals surface area contributed by atoms with Gasteiger partial charge < -0.3 is 10.6 Å². The standard InChI is InChI=1S/C19H21N3O2/c1-12-9-16-17(10-13(12)2)22(19(24)14(3)20-16)11-18(23)21-15-7-5-4-6-8-15/h4-10,14,20H,11H2,1-3H3,(H,21,23). The number of amides is 2. The molecule has 0 radical (unpaired) electrons. The zero-order chi connectivity index (χ0) is 17.3. The summed E-state index contributed by atoms with van der Waals surface area (Å²) in [6, 6.07) is 12.9. The van der Waals surface area contributed by atoms with Crippen molar-refractivity contribution in [3.63, 3.8) is 0 Å². The smallest absolute Gasteiger partial charge is 0.249 e. The van der Waals surface area contributed by atoms with Gasteiger partial charge in [0.25, 0.3) is 0 Å². The highest BCUT2D eigenvalue weighted by Crippen LogP contribution is 2.34. The SMILES string of the molecule is Cc1cc2c(cc1C)N(CC(=O)Nc1ccccc1)C(=O)C(C)N2. The largest absolute Gasteiger partial charge is 0.372 e. The minimum atomic E-state index is -0.357. The molecule has 0 fully saturated rings. The van der Waals surface area contributed by atoms with Crippen molar-refractivity contribution in [3.8, 4) is 0 Å². The van der Waals surface area contributed by atoms with Crippen LogP contribution in [0.2, 0.25) is 0 Å². The quantitative estimate of drug-likeness (QED) is 0.912. The van der Waals surface area contributed by atoms with Gasteiger partial charge in [0.05, 0.1) is 11.4 Å². The summed E-state index contributed by atoms with van der Waals surface area (Å²) in [6.45, 7) is 5.84. The number of aryl methyl sites for hydroxylation is 2. The number of carbonyl (C=O) groups is 2. The highest BCUT2D eigenvalue weighted by molar-refractivity contribution is 6.09. The van der Waals surface area contributed by atoms with E-state index >= 15 is 0 Å². The zero-order valence-electron chi connectivity index (χ0n) is 14.1. The molecule has 124 valence electrons. The number of fused-ring (bicyclic) bond motifs is 1. The average molecular weight is 323 g/mol. The van der Waals surface area contributed by atoms with Crippen molar-refractivity contribution in [1.82, 2.24) is 0 Å². The third-order valence-electron chi connectivity index (χ3n) is 4.27. The van der Waals surface area contributed by atoms with Gasteiger partial charge in [-0.3, -0.25) is 14.5 Å². The van der Waals surface area contributed by atoms with Crippen LogP contribution in [0, 0.1) is 13.8 Å². The van der Waals surface area contributed by atoms with Crippen molar-refractivity contribution < 1.29 is 9.59 Å². The van der Waals surface area contributed by atoms with E-state index in [9.17, 15) is 9.59 Å². The number of hydrogen-bond acceptors (Lipinski definition) is 3. The summed E-state index contributed by atoms with van der Waals surface area (Å²) in [5, 5.41) is 6.04.